The van der Waals surface area contributed by atoms with Gasteiger partial charge in [0, 0.05) is 12.4 Å². The first-order chi connectivity index (χ1) is 8.93. The number of nitrogens with zero attached hydrogens (tertiary/aromatic N) is 2. The first-order valence-corrected chi connectivity index (χ1v) is 5.98. The van der Waals surface area contributed by atoms with Gasteiger partial charge in [0.2, 0.25) is 0 Å². The van der Waals surface area contributed by atoms with Crippen molar-refractivity contribution >= 4 is 17.8 Å². The van der Waals surface area contributed by atoms with Crippen LogP contribution in [-0.4, -0.2) is 38.8 Å². The van der Waals surface area contributed by atoms with Crippen molar-refractivity contribution in [3.05, 3.63) is 29.6 Å². The maximum Gasteiger partial charge on any atom is 0.326 e. The molecule has 0 spiro atoms. The van der Waals surface area contributed by atoms with Gasteiger partial charge in [0.15, 0.2) is 0 Å². The van der Waals surface area contributed by atoms with Gasteiger partial charge in [-0.15, -0.1) is 0 Å². The van der Waals surface area contributed by atoms with Crippen molar-refractivity contribution in [2.45, 2.75) is 26.3 Å². The minimum absolute atomic E-state index is 0.0588. The van der Waals surface area contributed by atoms with Gasteiger partial charge in [0.05, 0.1) is 11.1 Å². The predicted octanol–water partition coefficient (Wildman–Crippen LogP) is 1.18. The predicted molar refractivity (Wildman–Crippen MR) is 65.6 cm³/mol. The molecule has 0 saturated carbocycles. The van der Waals surface area contributed by atoms with Crippen molar-refractivity contribution in [2.75, 3.05) is 0 Å². The summed E-state index contributed by atoms with van der Waals surface area (Å²) in [6, 6.07) is 0.302. The standard InChI is InChI=1S/C13H14N2O4/c1-7(2)5-10(13(18)19)15-11(16)8-3-4-14-6-9(8)12(15)17/h3-4,6-7,10H,5H2,1-2H3,(H,18,19)/t10-/m1/s1. The van der Waals surface area contributed by atoms with E-state index in [4.69, 9.17) is 0 Å². The van der Waals surface area contributed by atoms with E-state index in [9.17, 15) is 19.5 Å². The van der Waals surface area contributed by atoms with Crippen LogP contribution >= 0.6 is 0 Å². The summed E-state index contributed by atoms with van der Waals surface area (Å²) in [5.41, 5.74) is 0.387. The number of carbonyl (C=O) groups is 3. The molecule has 0 unspecified atom stereocenters. The second-order valence-electron chi connectivity index (χ2n) is 4.89. The topological polar surface area (TPSA) is 87.6 Å². The number of carboxylic acids is 1. The summed E-state index contributed by atoms with van der Waals surface area (Å²) in [4.78, 5) is 40.2. The highest BCUT2D eigenvalue weighted by molar-refractivity contribution is 6.22. The maximum absolute atomic E-state index is 12.1. The van der Waals surface area contributed by atoms with Crippen LogP contribution in [0.3, 0.4) is 0 Å². The summed E-state index contributed by atoms with van der Waals surface area (Å²) in [6.45, 7) is 3.69. The lowest BCUT2D eigenvalue weighted by molar-refractivity contribution is -0.142. The Morgan fingerprint density at radius 3 is 2.47 bits per heavy atom. The Bertz CT molecular complexity index is 518. The van der Waals surface area contributed by atoms with Gasteiger partial charge in [-0.3, -0.25) is 19.5 Å². The summed E-state index contributed by atoms with van der Waals surface area (Å²) >= 11 is 0. The van der Waals surface area contributed by atoms with Gasteiger partial charge < -0.3 is 5.11 Å². The van der Waals surface area contributed by atoms with Gasteiger partial charge in [0.25, 0.3) is 11.8 Å². The van der Waals surface area contributed by atoms with Crippen LogP contribution < -0.4 is 0 Å². The normalized spacial score (nSPS) is 15.8. The zero-order valence-electron chi connectivity index (χ0n) is 10.7. The van der Waals surface area contributed by atoms with E-state index in [1.807, 2.05) is 13.8 Å². The molecule has 2 rings (SSSR count). The van der Waals surface area contributed by atoms with Gasteiger partial charge >= 0.3 is 5.97 Å². The van der Waals surface area contributed by atoms with E-state index in [1.54, 1.807) is 0 Å². The van der Waals surface area contributed by atoms with Crippen LogP contribution in [0.2, 0.25) is 0 Å². The molecule has 1 aromatic heterocycles. The van der Waals surface area contributed by atoms with Gasteiger partial charge in [-0.05, 0) is 18.4 Å². The molecule has 0 radical (unpaired) electrons. The van der Waals surface area contributed by atoms with E-state index >= 15 is 0 Å². The fraction of sp³-hybridized carbons (Fsp3) is 0.385. The number of amides is 2. The van der Waals surface area contributed by atoms with Crippen LogP contribution in [0.1, 0.15) is 41.0 Å². The monoisotopic (exact) mass is 262 g/mol. The molecule has 6 heteroatoms. The number of hydrogen-bond acceptors (Lipinski definition) is 4. The van der Waals surface area contributed by atoms with Gasteiger partial charge in [-0.1, -0.05) is 13.8 Å². The molecular formula is C13H14N2O4. The van der Waals surface area contributed by atoms with Crippen LogP contribution in [0.4, 0.5) is 0 Å². The lowest BCUT2D eigenvalue weighted by Crippen LogP contribution is -2.45. The fourth-order valence-corrected chi connectivity index (χ4v) is 2.15. The van der Waals surface area contributed by atoms with Crippen molar-refractivity contribution in [2.24, 2.45) is 5.92 Å². The Hall–Kier alpha value is -2.24. The van der Waals surface area contributed by atoms with E-state index in [0.29, 0.717) is 0 Å². The number of hydrogen-bond donors (Lipinski definition) is 1. The maximum atomic E-state index is 12.1. The Kier molecular flexibility index (Phi) is 3.33. The molecule has 1 N–H and O–H groups in total. The molecule has 1 atom stereocenters. The van der Waals surface area contributed by atoms with Crippen molar-refractivity contribution in [1.29, 1.82) is 0 Å². The second-order valence-corrected chi connectivity index (χ2v) is 4.89. The number of carbonyl (C=O) groups excluding carboxylic acids is 2. The number of imide groups is 1. The lowest BCUT2D eigenvalue weighted by Gasteiger charge is -2.23. The zero-order chi connectivity index (χ0) is 14.2. The summed E-state index contributed by atoms with van der Waals surface area (Å²) < 4.78 is 0. The molecule has 2 amide bonds. The molecule has 2 heterocycles. The number of aromatic nitrogens is 1. The smallest absolute Gasteiger partial charge is 0.326 e. The summed E-state index contributed by atoms with van der Waals surface area (Å²) in [7, 11) is 0. The summed E-state index contributed by atoms with van der Waals surface area (Å²) in [5.74, 6) is -2.25. The lowest BCUT2D eigenvalue weighted by atomic mass is 10.0. The largest absolute Gasteiger partial charge is 0.480 e. The van der Waals surface area contributed by atoms with Crippen molar-refractivity contribution in [1.82, 2.24) is 9.88 Å². The Morgan fingerprint density at radius 2 is 1.95 bits per heavy atom. The highest BCUT2D eigenvalue weighted by Crippen LogP contribution is 2.26. The molecule has 0 bridgehead atoms. The van der Waals surface area contributed by atoms with Crippen molar-refractivity contribution < 1.29 is 19.5 Å². The van der Waals surface area contributed by atoms with Crippen LogP contribution in [0.15, 0.2) is 18.5 Å². The van der Waals surface area contributed by atoms with Gasteiger partial charge in [-0.25, -0.2) is 4.79 Å². The van der Waals surface area contributed by atoms with Crippen LogP contribution in [-0.2, 0) is 4.79 Å². The average Bonchev–Trinajstić information content (AvgIpc) is 2.60. The third kappa shape index (κ3) is 2.21. The minimum Gasteiger partial charge on any atom is -0.480 e. The molecule has 6 nitrogen and oxygen atoms in total. The first kappa shape index (κ1) is 13.2. The second kappa shape index (κ2) is 4.79. The van der Waals surface area contributed by atoms with E-state index in [0.717, 1.165) is 4.90 Å². The van der Waals surface area contributed by atoms with Crippen LogP contribution in [0.25, 0.3) is 0 Å². The summed E-state index contributed by atoms with van der Waals surface area (Å²) in [5, 5.41) is 9.24. The number of pyridine rings is 1. The average molecular weight is 262 g/mol. The van der Waals surface area contributed by atoms with E-state index in [2.05, 4.69) is 4.98 Å². The quantitative estimate of drug-likeness (QED) is 0.823. The molecule has 1 aliphatic heterocycles. The number of aliphatic carboxylic acids is 1. The van der Waals surface area contributed by atoms with Gasteiger partial charge in [0.1, 0.15) is 6.04 Å². The number of rotatable bonds is 4. The Morgan fingerprint density at radius 1 is 1.32 bits per heavy atom. The molecular weight excluding hydrogens is 248 g/mol. The zero-order valence-corrected chi connectivity index (χ0v) is 10.7. The van der Waals surface area contributed by atoms with Crippen LogP contribution in [0.5, 0.6) is 0 Å². The molecule has 1 aromatic rings. The third-order valence-electron chi connectivity index (χ3n) is 3.01. The molecule has 0 saturated heterocycles. The molecule has 0 fully saturated rings. The highest BCUT2D eigenvalue weighted by atomic mass is 16.4. The molecule has 0 aliphatic carbocycles. The summed E-state index contributed by atoms with van der Waals surface area (Å²) in [6.07, 6.45) is 2.93. The fourth-order valence-electron chi connectivity index (χ4n) is 2.15. The third-order valence-corrected chi connectivity index (χ3v) is 3.01. The van der Waals surface area contributed by atoms with E-state index < -0.39 is 23.8 Å². The van der Waals surface area contributed by atoms with Crippen LogP contribution in [0, 0.1) is 5.92 Å². The molecule has 100 valence electrons. The Labute approximate surface area is 110 Å². The van der Waals surface area contributed by atoms with Crippen molar-refractivity contribution in [3.63, 3.8) is 0 Å². The molecule has 1 aliphatic rings. The number of carboxylic acid groups (broad SMARTS) is 1. The SMILES string of the molecule is CC(C)C[C@H](C(=O)O)N1C(=O)c2ccncc2C1=O. The van der Waals surface area contributed by atoms with Gasteiger partial charge in [-0.2, -0.15) is 0 Å². The molecule has 19 heavy (non-hydrogen) atoms. The molecule has 0 aromatic carbocycles. The van der Waals surface area contributed by atoms with E-state index in [-0.39, 0.29) is 23.5 Å². The van der Waals surface area contributed by atoms with E-state index in [1.165, 1.54) is 18.5 Å². The van der Waals surface area contributed by atoms with Crippen molar-refractivity contribution in [3.8, 4) is 0 Å². The first-order valence-electron chi connectivity index (χ1n) is 5.98. The minimum atomic E-state index is -1.17. The highest BCUT2D eigenvalue weighted by Gasteiger charge is 2.43. The Balaban J connectivity index is 2.39. The number of fused-ring (bicyclic) bond motifs is 1.